The number of hydrogen-bond donors (Lipinski definition) is 0. The molecule has 160 valence electrons. The maximum absolute atomic E-state index is 13.2. The Morgan fingerprint density at radius 3 is 2.45 bits per heavy atom. The molecular weight excluding hydrogens is 396 g/mol. The zero-order valence-electron chi connectivity index (χ0n) is 17.7. The van der Waals surface area contributed by atoms with E-state index in [9.17, 15) is 14.4 Å². The van der Waals surface area contributed by atoms with Crippen molar-refractivity contribution in [2.45, 2.75) is 33.9 Å². The number of fused-ring (bicyclic) bond motifs is 3. The molecular formula is C23H24N4O4. The predicted molar refractivity (Wildman–Crippen MR) is 118 cm³/mol. The molecule has 0 bridgehead atoms. The molecule has 0 aliphatic heterocycles. The molecule has 0 radical (unpaired) electrons. The van der Waals surface area contributed by atoms with Gasteiger partial charge in [0.25, 0.3) is 5.56 Å². The largest absolute Gasteiger partial charge is 0.494 e. The van der Waals surface area contributed by atoms with Crippen molar-refractivity contribution in [1.29, 1.82) is 0 Å². The second kappa shape index (κ2) is 8.22. The molecule has 0 aliphatic rings. The van der Waals surface area contributed by atoms with Crippen molar-refractivity contribution in [1.82, 2.24) is 18.7 Å². The molecule has 4 aromatic rings. The van der Waals surface area contributed by atoms with Crippen LogP contribution in [0, 0.1) is 5.92 Å². The number of nitrogens with zero attached hydrogens (tertiary/aromatic N) is 4. The monoisotopic (exact) mass is 420 g/mol. The van der Waals surface area contributed by atoms with Gasteiger partial charge in [0.1, 0.15) is 12.3 Å². The quantitative estimate of drug-likeness (QED) is 0.429. The highest BCUT2D eigenvalue weighted by molar-refractivity contribution is 5.96. The Labute approximate surface area is 178 Å². The fourth-order valence-electron chi connectivity index (χ4n) is 3.63. The van der Waals surface area contributed by atoms with Crippen LogP contribution < -0.4 is 16.0 Å². The van der Waals surface area contributed by atoms with Gasteiger partial charge in [0, 0.05) is 12.1 Å². The molecule has 0 amide bonds. The molecule has 0 fully saturated rings. The van der Waals surface area contributed by atoms with Crippen LogP contribution in [0.5, 0.6) is 5.75 Å². The third-order valence-electron chi connectivity index (χ3n) is 5.01. The molecule has 8 nitrogen and oxygen atoms in total. The first-order valence-corrected chi connectivity index (χ1v) is 10.3. The number of ketones is 1. The lowest BCUT2D eigenvalue weighted by molar-refractivity contribution is 0.0966. The van der Waals surface area contributed by atoms with E-state index in [4.69, 9.17) is 4.74 Å². The number of hydrogen-bond acceptors (Lipinski definition) is 5. The number of para-hydroxylation sites is 1. The van der Waals surface area contributed by atoms with Gasteiger partial charge < -0.3 is 4.74 Å². The van der Waals surface area contributed by atoms with Crippen molar-refractivity contribution < 1.29 is 9.53 Å². The van der Waals surface area contributed by atoms with E-state index >= 15 is 0 Å². The predicted octanol–water partition coefficient (Wildman–Crippen LogP) is 2.75. The van der Waals surface area contributed by atoms with Gasteiger partial charge in [-0.2, -0.15) is 0 Å². The highest BCUT2D eigenvalue weighted by Gasteiger charge is 2.19. The van der Waals surface area contributed by atoms with Crippen molar-refractivity contribution in [3.8, 4) is 5.75 Å². The molecule has 0 atom stereocenters. The SMILES string of the molecule is CCOc1ccc(C(=O)Cn2nc3n(CC(C)C)c(=O)c4ccccc4n3c2=O)cc1. The molecule has 0 unspecified atom stereocenters. The fourth-order valence-corrected chi connectivity index (χ4v) is 3.63. The van der Waals surface area contributed by atoms with Crippen LogP contribution in [0.15, 0.2) is 58.1 Å². The third-order valence-corrected chi connectivity index (χ3v) is 5.01. The van der Waals surface area contributed by atoms with Crippen molar-refractivity contribution in [3.05, 3.63) is 74.9 Å². The number of ether oxygens (including phenoxy) is 1. The average Bonchev–Trinajstić information content (AvgIpc) is 3.07. The summed E-state index contributed by atoms with van der Waals surface area (Å²) >= 11 is 0. The standard InChI is InChI=1S/C23H24N4O4/c1-4-31-17-11-9-16(10-12-17)20(28)14-26-23(30)27-19-8-6-5-7-18(19)21(29)25(13-15(2)3)22(27)24-26/h5-12,15H,4,13-14H2,1-3H3. The van der Waals surface area contributed by atoms with Crippen LogP contribution in [-0.4, -0.2) is 31.1 Å². The smallest absolute Gasteiger partial charge is 0.352 e. The Hall–Kier alpha value is -3.68. The number of benzene rings is 2. The van der Waals surface area contributed by atoms with Crippen molar-refractivity contribution in [2.24, 2.45) is 5.92 Å². The van der Waals surface area contributed by atoms with Crippen LogP contribution in [0.1, 0.15) is 31.1 Å². The Morgan fingerprint density at radius 2 is 1.77 bits per heavy atom. The van der Waals surface area contributed by atoms with E-state index in [0.717, 1.165) is 4.68 Å². The van der Waals surface area contributed by atoms with Crippen LogP contribution in [-0.2, 0) is 13.1 Å². The van der Waals surface area contributed by atoms with Gasteiger partial charge in [-0.25, -0.2) is 13.9 Å². The summed E-state index contributed by atoms with van der Waals surface area (Å²) in [6.07, 6.45) is 0. The molecule has 0 spiro atoms. The van der Waals surface area contributed by atoms with E-state index in [1.807, 2.05) is 20.8 Å². The molecule has 0 saturated heterocycles. The van der Waals surface area contributed by atoms with Crippen LogP contribution in [0.25, 0.3) is 16.7 Å². The molecule has 2 aromatic carbocycles. The molecule has 2 aromatic heterocycles. The van der Waals surface area contributed by atoms with Gasteiger partial charge in [-0.05, 0) is 49.2 Å². The molecule has 0 saturated carbocycles. The molecule has 2 heterocycles. The van der Waals surface area contributed by atoms with Gasteiger partial charge in [-0.3, -0.25) is 14.2 Å². The van der Waals surface area contributed by atoms with Gasteiger partial charge >= 0.3 is 5.69 Å². The summed E-state index contributed by atoms with van der Waals surface area (Å²) in [5.41, 5.74) is 0.277. The van der Waals surface area contributed by atoms with E-state index in [1.165, 1.54) is 8.97 Å². The van der Waals surface area contributed by atoms with Crippen LogP contribution >= 0.6 is 0 Å². The molecule has 31 heavy (non-hydrogen) atoms. The van der Waals surface area contributed by atoms with E-state index in [-0.39, 0.29) is 29.6 Å². The molecule has 4 rings (SSSR count). The minimum atomic E-state index is -0.456. The van der Waals surface area contributed by atoms with Crippen molar-refractivity contribution in [3.63, 3.8) is 0 Å². The van der Waals surface area contributed by atoms with Gasteiger partial charge in [0.15, 0.2) is 5.78 Å². The zero-order chi connectivity index (χ0) is 22.1. The first kappa shape index (κ1) is 20.6. The van der Waals surface area contributed by atoms with E-state index in [1.54, 1.807) is 48.5 Å². The molecule has 0 aliphatic carbocycles. The van der Waals surface area contributed by atoms with Crippen LogP contribution in [0.4, 0.5) is 0 Å². The Balaban J connectivity index is 1.81. The zero-order valence-corrected chi connectivity index (χ0v) is 17.7. The Morgan fingerprint density at radius 1 is 1.06 bits per heavy atom. The average molecular weight is 420 g/mol. The number of Topliss-reactive ketones (excluding diaryl/α,β-unsaturated/α-hetero) is 1. The first-order valence-electron chi connectivity index (χ1n) is 10.3. The highest BCUT2D eigenvalue weighted by Crippen LogP contribution is 2.14. The van der Waals surface area contributed by atoms with Gasteiger partial charge in [-0.1, -0.05) is 26.0 Å². The van der Waals surface area contributed by atoms with Gasteiger partial charge in [0.05, 0.1) is 17.5 Å². The van der Waals surface area contributed by atoms with E-state index in [0.29, 0.717) is 35.4 Å². The molecule has 0 N–H and O–H groups in total. The highest BCUT2D eigenvalue weighted by atomic mass is 16.5. The Kier molecular flexibility index (Phi) is 5.46. The third kappa shape index (κ3) is 3.76. The summed E-state index contributed by atoms with van der Waals surface area (Å²) < 4.78 is 9.44. The second-order valence-corrected chi connectivity index (χ2v) is 7.78. The first-order chi connectivity index (χ1) is 14.9. The summed E-state index contributed by atoms with van der Waals surface area (Å²) in [4.78, 5) is 39.0. The van der Waals surface area contributed by atoms with Crippen LogP contribution in [0.2, 0.25) is 0 Å². The lowest BCUT2D eigenvalue weighted by Crippen LogP contribution is -2.28. The minimum absolute atomic E-state index is 0.174. The summed E-state index contributed by atoms with van der Waals surface area (Å²) in [6, 6.07) is 13.7. The normalized spacial score (nSPS) is 11.5. The lowest BCUT2D eigenvalue weighted by atomic mass is 10.1. The number of aromatic nitrogens is 4. The van der Waals surface area contributed by atoms with Crippen molar-refractivity contribution in [2.75, 3.05) is 6.61 Å². The maximum atomic E-state index is 13.2. The topological polar surface area (TPSA) is 87.6 Å². The van der Waals surface area contributed by atoms with Crippen LogP contribution in [0.3, 0.4) is 0 Å². The summed E-state index contributed by atoms with van der Waals surface area (Å²) in [7, 11) is 0. The summed E-state index contributed by atoms with van der Waals surface area (Å²) in [6.45, 7) is 6.59. The second-order valence-electron chi connectivity index (χ2n) is 7.78. The fraction of sp³-hybridized carbons (Fsp3) is 0.304. The van der Waals surface area contributed by atoms with Crippen molar-refractivity contribution >= 4 is 22.5 Å². The van der Waals surface area contributed by atoms with Gasteiger partial charge in [-0.15, -0.1) is 5.10 Å². The van der Waals surface area contributed by atoms with Gasteiger partial charge in [0.2, 0.25) is 5.78 Å². The summed E-state index contributed by atoms with van der Waals surface area (Å²) in [5, 5.41) is 4.81. The Bertz CT molecular complexity index is 1380. The number of carbonyl (C=O) groups is 1. The number of rotatable bonds is 7. The maximum Gasteiger partial charge on any atom is 0.352 e. The summed E-state index contributed by atoms with van der Waals surface area (Å²) in [5.74, 6) is 0.832. The van der Waals surface area contributed by atoms with E-state index in [2.05, 4.69) is 5.10 Å². The molecule has 8 heteroatoms. The number of carbonyl (C=O) groups excluding carboxylic acids is 1. The lowest BCUT2D eigenvalue weighted by Gasteiger charge is -2.11. The minimum Gasteiger partial charge on any atom is -0.494 e. The van der Waals surface area contributed by atoms with E-state index < -0.39 is 5.69 Å².